The molecule has 2 aromatic rings. The van der Waals surface area contributed by atoms with Gasteiger partial charge in [0.1, 0.15) is 16.6 Å². The molecule has 0 spiro atoms. The van der Waals surface area contributed by atoms with Crippen LogP contribution in [0.5, 0.6) is 0 Å². The van der Waals surface area contributed by atoms with Crippen LogP contribution in [0.25, 0.3) is 0 Å². The number of rotatable bonds is 4. The normalized spacial score (nSPS) is 10.1. The fourth-order valence-corrected chi connectivity index (χ4v) is 2.92. The van der Waals surface area contributed by atoms with E-state index in [2.05, 4.69) is 5.32 Å². The molecule has 0 aliphatic heterocycles. The fraction of sp³-hybridized carbons (Fsp3) is 0.143. The minimum Gasteiger partial charge on any atom is -0.396 e. The van der Waals surface area contributed by atoms with E-state index in [1.165, 1.54) is 18.3 Å². The number of benzene rings is 1. The molecule has 6 heteroatoms. The lowest BCUT2D eigenvalue weighted by Gasteiger charge is -2.06. The number of carbonyl (C=O) groups excluding carboxylic acids is 1. The molecule has 0 saturated heterocycles. The van der Waals surface area contributed by atoms with E-state index in [1.807, 2.05) is 24.3 Å². The molecule has 1 aromatic heterocycles. The standard InChI is InChI=1S/C14H12ClN3OS/c1-8(19)13-12(17)10(6-16)14(20-13)18-7-9-4-2-3-5-11(9)15/h2-5,18H,7,17H2,1H3. The number of nitrogens with two attached hydrogens (primary N) is 1. The van der Waals surface area contributed by atoms with E-state index >= 15 is 0 Å². The Morgan fingerprint density at radius 2 is 2.20 bits per heavy atom. The number of hydrogen-bond acceptors (Lipinski definition) is 5. The molecule has 4 nitrogen and oxygen atoms in total. The summed E-state index contributed by atoms with van der Waals surface area (Å²) >= 11 is 7.26. The molecular formula is C14H12ClN3OS. The molecule has 0 atom stereocenters. The van der Waals surface area contributed by atoms with Crippen molar-refractivity contribution in [3.63, 3.8) is 0 Å². The highest BCUT2D eigenvalue weighted by Crippen LogP contribution is 2.35. The molecule has 1 aromatic carbocycles. The summed E-state index contributed by atoms with van der Waals surface area (Å²) in [6, 6.07) is 9.46. The molecule has 0 saturated carbocycles. The Balaban J connectivity index is 2.27. The van der Waals surface area contributed by atoms with Gasteiger partial charge in [-0.3, -0.25) is 4.79 Å². The molecular weight excluding hydrogens is 294 g/mol. The number of halogens is 1. The Kier molecular flexibility index (Phi) is 4.28. The second kappa shape index (κ2) is 5.95. The van der Waals surface area contributed by atoms with E-state index in [0.717, 1.165) is 5.56 Å². The van der Waals surface area contributed by atoms with Gasteiger partial charge in [0.15, 0.2) is 5.78 Å². The van der Waals surface area contributed by atoms with Gasteiger partial charge < -0.3 is 11.1 Å². The summed E-state index contributed by atoms with van der Waals surface area (Å²) in [6.07, 6.45) is 0. The zero-order chi connectivity index (χ0) is 14.7. The molecule has 0 amide bonds. The van der Waals surface area contributed by atoms with Gasteiger partial charge >= 0.3 is 0 Å². The lowest BCUT2D eigenvalue weighted by molar-refractivity contribution is 0.102. The van der Waals surface area contributed by atoms with Crippen molar-refractivity contribution in [1.82, 2.24) is 0 Å². The molecule has 0 radical (unpaired) electrons. The maximum atomic E-state index is 11.4. The largest absolute Gasteiger partial charge is 0.396 e. The third-order valence-electron chi connectivity index (χ3n) is 2.77. The topological polar surface area (TPSA) is 78.9 Å². The van der Waals surface area contributed by atoms with Gasteiger partial charge in [0, 0.05) is 18.5 Å². The third-order valence-corrected chi connectivity index (χ3v) is 4.41. The summed E-state index contributed by atoms with van der Waals surface area (Å²) in [7, 11) is 0. The molecule has 0 unspecified atom stereocenters. The number of nitrogen functional groups attached to an aromatic ring is 1. The zero-order valence-electron chi connectivity index (χ0n) is 10.7. The summed E-state index contributed by atoms with van der Waals surface area (Å²) in [6.45, 7) is 1.90. The smallest absolute Gasteiger partial charge is 0.171 e. The maximum absolute atomic E-state index is 11.4. The van der Waals surface area contributed by atoms with Gasteiger partial charge in [-0.1, -0.05) is 29.8 Å². The highest BCUT2D eigenvalue weighted by atomic mass is 35.5. The van der Waals surface area contributed by atoms with Gasteiger partial charge in [-0.25, -0.2) is 0 Å². The van der Waals surface area contributed by atoms with E-state index < -0.39 is 0 Å². The molecule has 1 heterocycles. The molecule has 102 valence electrons. The Hall–Kier alpha value is -2.03. The van der Waals surface area contributed by atoms with Crippen LogP contribution in [0.3, 0.4) is 0 Å². The minimum atomic E-state index is -0.144. The van der Waals surface area contributed by atoms with E-state index in [1.54, 1.807) is 6.07 Å². The van der Waals surface area contributed by atoms with E-state index in [9.17, 15) is 4.79 Å². The van der Waals surface area contributed by atoms with E-state index in [-0.39, 0.29) is 11.5 Å². The van der Waals surface area contributed by atoms with Crippen molar-refractivity contribution in [2.45, 2.75) is 13.5 Å². The quantitative estimate of drug-likeness (QED) is 0.845. The lowest BCUT2D eigenvalue weighted by Crippen LogP contribution is -2.00. The number of nitriles is 1. The number of thiophene rings is 1. The number of Topliss-reactive ketones (excluding diaryl/α,β-unsaturated/α-hetero) is 1. The molecule has 0 bridgehead atoms. The summed E-state index contributed by atoms with van der Waals surface area (Å²) in [5, 5.41) is 13.5. The highest BCUT2D eigenvalue weighted by molar-refractivity contribution is 7.18. The zero-order valence-corrected chi connectivity index (χ0v) is 12.3. The van der Waals surface area contributed by atoms with E-state index in [0.29, 0.717) is 27.0 Å². The first kappa shape index (κ1) is 14.4. The van der Waals surface area contributed by atoms with Crippen molar-refractivity contribution in [2.24, 2.45) is 0 Å². The number of nitrogens with one attached hydrogen (secondary N) is 1. The van der Waals surface area contributed by atoms with Crippen molar-refractivity contribution >= 4 is 39.4 Å². The number of carbonyl (C=O) groups is 1. The number of hydrogen-bond donors (Lipinski definition) is 2. The molecule has 0 aliphatic carbocycles. The van der Waals surface area contributed by atoms with Crippen LogP contribution in [0.1, 0.15) is 27.7 Å². The van der Waals surface area contributed by atoms with Crippen molar-refractivity contribution in [3.8, 4) is 6.07 Å². The Bertz CT molecular complexity index is 703. The van der Waals surface area contributed by atoms with Crippen molar-refractivity contribution < 1.29 is 4.79 Å². The Labute approximate surface area is 125 Å². The first-order valence-electron chi connectivity index (χ1n) is 5.85. The van der Waals surface area contributed by atoms with Crippen LogP contribution in [0.2, 0.25) is 5.02 Å². The lowest BCUT2D eigenvalue weighted by atomic mass is 10.2. The first-order chi connectivity index (χ1) is 9.54. The van der Waals surface area contributed by atoms with Gasteiger partial charge in [-0.15, -0.1) is 11.3 Å². The van der Waals surface area contributed by atoms with Crippen LogP contribution in [0.4, 0.5) is 10.7 Å². The average molecular weight is 306 g/mol. The summed E-state index contributed by atoms with van der Waals surface area (Å²) in [5.74, 6) is -0.144. The van der Waals surface area contributed by atoms with Crippen LogP contribution in [-0.4, -0.2) is 5.78 Å². The molecule has 0 aliphatic rings. The predicted octanol–water partition coefficient (Wildman–Crippen LogP) is 3.67. The van der Waals surface area contributed by atoms with Crippen molar-refractivity contribution in [2.75, 3.05) is 11.1 Å². The number of anilines is 2. The highest BCUT2D eigenvalue weighted by Gasteiger charge is 2.18. The maximum Gasteiger partial charge on any atom is 0.171 e. The second-order valence-electron chi connectivity index (χ2n) is 4.16. The predicted molar refractivity (Wildman–Crippen MR) is 82.2 cm³/mol. The molecule has 2 rings (SSSR count). The Morgan fingerprint density at radius 3 is 2.80 bits per heavy atom. The van der Waals surface area contributed by atoms with Gasteiger partial charge in [0.25, 0.3) is 0 Å². The van der Waals surface area contributed by atoms with Crippen LogP contribution in [0, 0.1) is 11.3 Å². The van der Waals surface area contributed by atoms with Crippen LogP contribution in [0.15, 0.2) is 24.3 Å². The summed E-state index contributed by atoms with van der Waals surface area (Å²) < 4.78 is 0. The van der Waals surface area contributed by atoms with Crippen LogP contribution in [-0.2, 0) is 6.54 Å². The van der Waals surface area contributed by atoms with Crippen molar-refractivity contribution in [1.29, 1.82) is 5.26 Å². The number of ketones is 1. The Morgan fingerprint density at radius 1 is 1.50 bits per heavy atom. The van der Waals surface area contributed by atoms with Crippen molar-refractivity contribution in [3.05, 3.63) is 45.3 Å². The van der Waals surface area contributed by atoms with Gasteiger partial charge in [0.05, 0.1) is 10.6 Å². The van der Waals surface area contributed by atoms with Gasteiger partial charge in [-0.05, 0) is 11.6 Å². The van der Waals surface area contributed by atoms with E-state index in [4.69, 9.17) is 22.6 Å². The second-order valence-corrected chi connectivity index (χ2v) is 5.59. The number of nitrogens with zero attached hydrogens (tertiary/aromatic N) is 1. The average Bonchev–Trinajstić information content (AvgIpc) is 2.74. The third kappa shape index (κ3) is 2.77. The van der Waals surface area contributed by atoms with Crippen LogP contribution < -0.4 is 11.1 Å². The minimum absolute atomic E-state index is 0.144. The molecule has 20 heavy (non-hydrogen) atoms. The van der Waals surface area contributed by atoms with Gasteiger partial charge in [-0.2, -0.15) is 5.26 Å². The first-order valence-corrected chi connectivity index (χ1v) is 7.04. The van der Waals surface area contributed by atoms with Crippen LogP contribution >= 0.6 is 22.9 Å². The molecule has 3 N–H and O–H groups in total. The van der Waals surface area contributed by atoms with Gasteiger partial charge in [0.2, 0.25) is 0 Å². The summed E-state index contributed by atoms with van der Waals surface area (Å²) in [5.41, 5.74) is 7.28. The molecule has 0 fully saturated rings. The summed E-state index contributed by atoms with van der Waals surface area (Å²) in [4.78, 5) is 11.9. The monoisotopic (exact) mass is 305 g/mol. The SMILES string of the molecule is CC(=O)c1sc(NCc2ccccc2Cl)c(C#N)c1N. The fourth-order valence-electron chi connectivity index (χ4n) is 1.76.